The van der Waals surface area contributed by atoms with Crippen LogP contribution in [0.4, 0.5) is 11.6 Å². The number of anilines is 2. The van der Waals surface area contributed by atoms with Gasteiger partial charge in [-0.05, 0) is 55.0 Å². The SMILES string of the molecule is Cc1ccc(C2(c3ccc(N4CCc5cnc(N6CCC7(CC6)COC7)nc5C4)cc3)COC2)cc1. The second-order valence-corrected chi connectivity index (χ2v) is 11.3. The molecule has 1 aromatic heterocycles. The van der Waals surface area contributed by atoms with Gasteiger partial charge in [0.25, 0.3) is 0 Å². The Kier molecular flexibility index (Phi) is 5.29. The number of piperidine rings is 1. The lowest BCUT2D eigenvalue weighted by molar-refractivity contribution is -0.124. The van der Waals surface area contributed by atoms with E-state index in [0.717, 1.165) is 65.0 Å². The Morgan fingerprint density at radius 2 is 1.44 bits per heavy atom. The topological polar surface area (TPSA) is 50.7 Å². The van der Waals surface area contributed by atoms with E-state index >= 15 is 0 Å². The molecular weight excluding hydrogens is 448 g/mol. The van der Waals surface area contributed by atoms with Gasteiger partial charge in [-0.2, -0.15) is 0 Å². The van der Waals surface area contributed by atoms with Crippen molar-refractivity contribution in [2.24, 2.45) is 5.41 Å². The van der Waals surface area contributed by atoms with Gasteiger partial charge in [0, 0.05) is 36.9 Å². The number of aromatic nitrogens is 2. The average Bonchev–Trinajstić information content (AvgIpc) is 2.88. The van der Waals surface area contributed by atoms with Gasteiger partial charge >= 0.3 is 0 Å². The van der Waals surface area contributed by atoms with Crippen molar-refractivity contribution in [1.82, 2.24) is 9.97 Å². The highest BCUT2D eigenvalue weighted by Crippen LogP contribution is 2.41. The van der Waals surface area contributed by atoms with Crippen molar-refractivity contribution in [2.45, 2.75) is 38.1 Å². The highest BCUT2D eigenvalue weighted by atomic mass is 16.5. The zero-order chi connectivity index (χ0) is 24.2. The summed E-state index contributed by atoms with van der Waals surface area (Å²) in [6.45, 7) is 9.37. The maximum absolute atomic E-state index is 5.71. The Labute approximate surface area is 213 Å². The number of nitrogens with zero attached hydrogens (tertiary/aromatic N) is 4. The van der Waals surface area contributed by atoms with Crippen LogP contribution in [0, 0.1) is 12.3 Å². The third-order valence-electron chi connectivity index (χ3n) is 8.94. The quantitative estimate of drug-likeness (QED) is 0.553. The van der Waals surface area contributed by atoms with Gasteiger partial charge in [0.15, 0.2) is 0 Å². The fourth-order valence-electron chi connectivity index (χ4n) is 6.20. The summed E-state index contributed by atoms with van der Waals surface area (Å²) < 4.78 is 11.2. The third-order valence-corrected chi connectivity index (χ3v) is 8.94. The second kappa shape index (κ2) is 8.56. The number of rotatable bonds is 4. The molecule has 4 aliphatic rings. The summed E-state index contributed by atoms with van der Waals surface area (Å²) in [4.78, 5) is 14.6. The molecule has 6 nitrogen and oxygen atoms in total. The number of fused-ring (bicyclic) bond motifs is 1. The standard InChI is InChI=1S/C30H34N4O2/c1-22-2-4-24(5-3-22)30(20-36-21-30)25-6-8-26(9-7-25)34-13-10-23-16-31-28(32-27(23)17-34)33-14-11-29(12-15-33)18-35-19-29/h2-9,16H,10-15,17-21H2,1H3. The molecule has 0 unspecified atom stereocenters. The van der Waals surface area contributed by atoms with Crippen LogP contribution >= 0.6 is 0 Å². The van der Waals surface area contributed by atoms with Gasteiger partial charge in [0.1, 0.15) is 0 Å². The number of hydrogen-bond acceptors (Lipinski definition) is 6. The van der Waals surface area contributed by atoms with Gasteiger partial charge < -0.3 is 19.3 Å². The molecule has 0 aliphatic carbocycles. The minimum atomic E-state index is -0.0263. The number of benzene rings is 2. The largest absolute Gasteiger partial charge is 0.380 e. The van der Waals surface area contributed by atoms with Crippen molar-refractivity contribution < 1.29 is 9.47 Å². The molecule has 0 bridgehead atoms. The van der Waals surface area contributed by atoms with Crippen molar-refractivity contribution in [3.63, 3.8) is 0 Å². The molecule has 3 saturated heterocycles. The Bertz CT molecular complexity index is 1240. The van der Waals surface area contributed by atoms with Crippen LogP contribution in [-0.4, -0.2) is 56.0 Å². The van der Waals surface area contributed by atoms with Gasteiger partial charge in [0.2, 0.25) is 5.95 Å². The summed E-state index contributed by atoms with van der Waals surface area (Å²) in [5, 5.41) is 0. The number of hydrogen-bond donors (Lipinski definition) is 0. The van der Waals surface area contributed by atoms with Crippen molar-refractivity contribution >= 4 is 11.6 Å². The monoisotopic (exact) mass is 482 g/mol. The first-order valence-corrected chi connectivity index (χ1v) is 13.3. The fraction of sp³-hybridized carbons (Fsp3) is 0.467. The summed E-state index contributed by atoms with van der Waals surface area (Å²) in [7, 11) is 0. The Hall–Kier alpha value is -2.96. The highest BCUT2D eigenvalue weighted by Gasteiger charge is 2.43. The first-order chi connectivity index (χ1) is 17.6. The Morgan fingerprint density at radius 3 is 2.06 bits per heavy atom. The molecule has 0 amide bonds. The van der Waals surface area contributed by atoms with Crippen LogP contribution in [0.3, 0.4) is 0 Å². The molecule has 2 aromatic carbocycles. The van der Waals surface area contributed by atoms with E-state index in [2.05, 4.69) is 71.5 Å². The molecule has 186 valence electrons. The summed E-state index contributed by atoms with van der Waals surface area (Å²) in [5.74, 6) is 0.895. The lowest BCUT2D eigenvalue weighted by Crippen LogP contribution is -2.51. The lowest BCUT2D eigenvalue weighted by atomic mass is 9.73. The average molecular weight is 483 g/mol. The van der Waals surface area contributed by atoms with Crippen molar-refractivity contribution in [2.75, 3.05) is 55.9 Å². The molecule has 5 heterocycles. The maximum Gasteiger partial charge on any atom is 0.225 e. The molecule has 0 N–H and O–H groups in total. The summed E-state index contributed by atoms with van der Waals surface area (Å²) in [5.41, 5.74) is 8.09. The minimum absolute atomic E-state index is 0.0263. The lowest BCUT2D eigenvalue weighted by Gasteiger charge is -2.47. The van der Waals surface area contributed by atoms with Crippen LogP contribution in [0.2, 0.25) is 0 Å². The number of ether oxygens (including phenoxy) is 2. The number of aryl methyl sites for hydroxylation is 1. The maximum atomic E-state index is 5.71. The normalized spacial score (nSPS) is 22.0. The van der Waals surface area contributed by atoms with E-state index in [9.17, 15) is 0 Å². The third kappa shape index (κ3) is 3.70. The van der Waals surface area contributed by atoms with E-state index in [1.807, 2.05) is 0 Å². The van der Waals surface area contributed by atoms with Crippen LogP contribution in [0.5, 0.6) is 0 Å². The van der Waals surface area contributed by atoms with Crippen molar-refractivity contribution in [3.05, 3.63) is 82.7 Å². The molecule has 36 heavy (non-hydrogen) atoms. The molecule has 4 aliphatic heterocycles. The van der Waals surface area contributed by atoms with Crippen LogP contribution in [0.1, 0.15) is 40.8 Å². The molecular formula is C30H34N4O2. The van der Waals surface area contributed by atoms with Gasteiger partial charge in [-0.3, -0.25) is 0 Å². The molecule has 0 radical (unpaired) electrons. The highest BCUT2D eigenvalue weighted by molar-refractivity contribution is 5.53. The van der Waals surface area contributed by atoms with E-state index in [4.69, 9.17) is 19.4 Å². The predicted molar refractivity (Wildman–Crippen MR) is 141 cm³/mol. The smallest absolute Gasteiger partial charge is 0.225 e. The van der Waals surface area contributed by atoms with Gasteiger partial charge in [-0.25, -0.2) is 9.97 Å². The van der Waals surface area contributed by atoms with E-state index in [1.165, 1.54) is 46.5 Å². The zero-order valence-corrected chi connectivity index (χ0v) is 21.1. The first-order valence-electron chi connectivity index (χ1n) is 13.3. The molecule has 7 rings (SSSR count). The van der Waals surface area contributed by atoms with Gasteiger partial charge in [-0.1, -0.05) is 42.0 Å². The molecule has 6 heteroatoms. The van der Waals surface area contributed by atoms with Crippen molar-refractivity contribution in [3.8, 4) is 0 Å². The minimum Gasteiger partial charge on any atom is -0.380 e. The van der Waals surface area contributed by atoms with Gasteiger partial charge in [0.05, 0.1) is 44.1 Å². The van der Waals surface area contributed by atoms with Gasteiger partial charge in [-0.15, -0.1) is 0 Å². The first kappa shape index (κ1) is 22.3. The summed E-state index contributed by atoms with van der Waals surface area (Å²) in [6, 6.07) is 18.1. The summed E-state index contributed by atoms with van der Waals surface area (Å²) in [6.07, 6.45) is 5.41. The van der Waals surface area contributed by atoms with E-state index in [0.29, 0.717) is 5.41 Å². The van der Waals surface area contributed by atoms with Crippen molar-refractivity contribution in [1.29, 1.82) is 0 Å². The van der Waals surface area contributed by atoms with Crippen LogP contribution in [-0.2, 0) is 27.9 Å². The molecule has 0 saturated carbocycles. The van der Waals surface area contributed by atoms with E-state index < -0.39 is 0 Å². The van der Waals surface area contributed by atoms with E-state index in [-0.39, 0.29) is 5.41 Å². The second-order valence-electron chi connectivity index (χ2n) is 11.3. The molecule has 3 fully saturated rings. The van der Waals surface area contributed by atoms with Crippen LogP contribution in [0.25, 0.3) is 0 Å². The summed E-state index contributed by atoms with van der Waals surface area (Å²) >= 11 is 0. The Balaban J connectivity index is 1.07. The van der Waals surface area contributed by atoms with E-state index in [1.54, 1.807) is 0 Å². The Morgan fingerprint density at radius 1 is 0.778 bits per heavy atom. The molecule has 1 spiro atoms. The van der Waals surface area contributed by atoms with Crippen LogP contribution < -0.4 is 9.80 Å². The predicted octanol–water partition coefficient (Wildman–Crippen LogP) is 4.28. The molecule has 3 aromatic rings. The molecule has 0 atom stereocenters. The fourth-order valence-corrected chi connectivity index (χ4v) is 6.20. The zero-order valence-electron chi connectivity index (χ0n) is 21.1. The van der Waals surface area contributed by atoms with Crippen LogP contribution in [0.15, 0.2) is 54.7 Å².